The minimum absolute atomic E-state index is 0.205. The number of benzene rings is 3. The first-order valence-electron chi connectivity index (χ1n) is 10.2. The van der Waals surface area contributed by atoms with E-state index in [1.165, 1.54) is 61.2 Å². The van der Waals surface area contributed by atoms with Crippen LogP contribution in [-0.4, -0.2) is 0 Å². The van der Waals surface area contributed by atoms with Gasteiger partial charge in [0.05, 0.1) is 0 Å². The van der Waals surface area contributed by atoms with Crippen LogP contribution in [0, 0.1) is 55.4 Å². The van der Waals surface area contributed by atoms with Crippen LogP contribution in [0.5, 0.6) is 11.5 Å². The third-order valence-electron chi connectivity index (χ3n) is 7.27. The Balaban J connectivity index is 2.18. The Morgan fingerprint density at radius 2 is 0.893 bits per heavy atom. The highest BCUT2D eigenvalue weighted by Gasteiger charge is 2.35. The van der Waals surface area contributed by atoms with Crippen molar-refractivity contribution in [1.29, 1.82) is 0 Å². The van der Waals surface area contributed by atoms with E-state index in [9.17, 15) is 0 Å². The maximum absolute atomic E-state index is 6.72. The normalized spacial score (nSPS) is 13.1. The monoisotopic (exact) mass is 370 g/mol. The van der Waals surface area contributed by atoms with E-state index >= 15 is 0 Å². The van der Waals surface area contributed by atoms with Gasteiger partial charge in [-0.2, -0.15) is 0 Å². The maximum atomic E-state index is 6.72. The maximum Gasteiger partial charge on any atom is 0.135 e. The molecule has 1 heterocycles. The quantitative estimate of drug-likeness (QED) is 0.338. The van der Waals surface area contributed by atoms with Crippen LogP contribution in [-0.2, 0) is 0 Å². The van der Waals surface area contributed by atoms with Gasteiger partial charge in [-0.25, -0.2) is 0 Å². The summed E-state index contributed by atoms with van der Waals surface area (Å²) in [5.74, 6) is 2.33. The van der Waals surface area contributed by atoms with E-state index in [1.54, 1.807) is 0 Å². The second-order valence-electron chi connectivity index (χ2n) is 8.43. The molecule has 0 aromatic heterocycles. The summed E-state index contributed by atoms with van der Waals surface area (Å²) >= 11 is 0. The van der Waals surface area contributed by atoms with Gasteiger partial charge in [-0.3, -0.25) is 0 Å². The van der Waals surface area contributed by atoms with Crippen LogP contribution in [0.15, 0.2) is 30.3 Å². The minimum Gasteiger partial charge on any atom is -0.456 e. The molecule has 0 fully saturated rings. The van der Waals surface area contributed by atoms with Crippen LogP contribution >= 0.6 is 0 Å². The Hall–Kier alpha value is -2.54. The van der Waals surface area contributed by atoms with E-state index in [-0.39, 0.29) is 5.92 Å². The van der Waals surface area contributed by atoms with Crippen molar-refractivity contribution in [2.75, 3.05) is 0 Å². The molecule has 1 aliphatic rings. The van der Waals surface area contributed by atoms with Crippen LogP contribution < -0.4 is 4.74 Å². The van der Waals surface area contributed by atoms with E-state index in [0.717, 1.165) is 11.5 Å². The molecule has 1 nitrogen and oxygen atoms in total. The van der Waals surface area contributed by atoms with Crippen molar-refractivity contribution in [3.63, 3.8) is 0 Å². The van der Waals surface area contributed by atoms with Crippen LogP contribution in [0.3, 0.4) is 0 Å². The molecule has 1 aliphatic heterocycles. The molecule has 0 atom stereocenters. The Bertz CT molecular complexity index is 1030. The Morgan fingerprint density at radius 1 is 0.500 bits per heavy atom. The average Bonchev–Trinajstić information content (AvgIpc) is 2.72. The van der Waals surface area contributed by atoms with Gasteiger partial charge in [-0.05, 0) is 105 Å². The Morgan fingerprint density at radius 3 is 1.32 bits per heavy atom. The lowest BCUT2D eigenvalue weighted by atomic mass is 9.74. The van der Waals surface area contributed by atoms with Crippen molar-refractivity contribution in [2.24, 2.45) is 0 Å². The summed E-state index contributed by atoms with van der Waals surface area (Å²) in [5, 5.41) is 0. The van der Waals surface area contributed by atoms with E-state index in [2.05, 4.69) is 85.7 Å². The number of ether oxygens (including phenoxy) is 1. The number of rotatable bonds is 1. The van der Waals surface area contributed by atoms with Crippen LogP contribution in [0.2, 0.25) is 0 Å². The molecule has 0 aliphatic carbocycles. The van der Waals surface area contributed by atoms with E-state index in [0.29, 0.717) is 0 Å². The first-order chi connectivity index (χ1) is 13.3. The Kier molecular flexibility index (Phi) is 4.38. The third kappa shape index (κ3) is 2.45. The predicted octanol–water partition coefficient (Wildman–Crippen LogP) is 7.44. The molecule has 0 saturated heterocycles. The standard InChI is InChI=1S/C27H30O/c1-14-16(3)20(7)26-23(18(14)5)25(22-12-10-9-11-13-22)24-19(6)15(2)17(4)21(8)27(24)28-26/h9-13,25H,1-8H3. The van der Waals surface area contributed by atoms with Crippen molar-refractivity contribution in [1.82, 2.24) is 0 Å². The highest BCUT2D eigenvalue weighted by Crippen LogP contribution is 2.54. The summed E-state index contributed by atoms with van der Waals surface area (Å²) in [4.78, 5) is 0. The summed E-state index contributed by atoms with van der Waals surface area (Å²) in [6.45, 7) is 17.8. The number of hydrogen-bond acceptors (Lipinski definition) is 1. The van der Waals surface area contributed by atoms with Gasteiger partial charge in [0.15, 0.2) is 0 Å². The lowest BCUT2D eigenvalue weighted by Gasteiger charge is -2.36. The zero-order chi connectivity index (χ0) is 20.3. The zero-order valence-corrected chi connectivity index (χ0v) is 18.4. The fourth-order valence-corrected chi connectivity index (χ4v) is 4.80. The van der Waals surface area contributed by atoms with Crippen molar-refractivity contribution < 1.29 is 4.74 Å². The van der Waals surface area contributed by atoms with Crippen LogP contribution in [0.25, 0.3) is 0 Å². The summed E-state index contributed by atoms with van der Waals surface area (Å²) < 4.78 is 6.72. The van der Waals surface area contributed by atoms with E-state index < -0.39 is 0 Å². The molecule has 0 N–H and O–H groups in total. The fraction of sp³-hybridized carbons (Fsp3) is 0.333. The lowest BCUT2D eigenvalue weighted by molar-refractivity contribution is 0.442. The highest BCUT2D eigenvalue weighted by atomic mass is 16.5. The first kappa shape index (κ1) is 18.8. The molecular formula is C27H30O. The predicted molar refractivity (Wildman–Crippen MR) is 118 cm³/mol. The summed E-state index contributed by atoms with van der Waals surface area (Å²) in [7, 11) is 0. The molecule has 0 saturated carbocycles. The fourth-order valence-electron chi connectivity index (χ4n) is 4.80. The SMILES string of the molecule is Cc1c(C)c(C)c2c(c1C)Oc1c(C)c(C)c(C)c(C)c1C2c1ccccc1. The smallest absolute Gasteiger partial charge is 0.135 e. The van der Waals surface area contributed by atoms with Crippen molar-refractivity contribution >= 4 is 0 Å². The zero-order valence-electron chi connectivity index (χ0n) is 18.4. The van der Waals surface area contributed by atoms with Crippen LogP contribution in [0.4, 0.5) is 0 Å². The molecule has 0 unspecified atom stereocenters. The van der Waals surface area contributed by atoms with Gasteiger partial charge in [0, 0.05) is 17.0 Å². The second kappa shape index (κ2) is 6.51. The summed E-state index contributed by atoms with van der Waals surface area (Å²) in [6.07, 6.45) is 0. The van der Waals surface area contributed by atoms with Gasteiger partial charge in [0.1, 0.15) is 11.5 Å². The summed E-state index contributed by atoms with van der Waals surface area (Å²) in [5.41, 5.74) is 14.7. The van der Waals surface area contributed by atoms with E-state index in [4.69, 9.17) is 4.74 Å². The van der Waals surface area contributed by atoms with Crippen molar-refractivity contribution in [3.05, 3.63) is 91.5 Å². The second-order valence-corrected chi connectivity index (χ2v) is 8.43. The summed E-state index contributed by atoms with van der Waals surface area (Å²) in [6, 6.07) is 10.9. The molecule has 0 radical (unpaired) electrons. The third-order valence-corrected chi connectivity index (χ3v) is 7.27. The molecule has 3 aromatic rings. The van der Waals surface area contributed by atoms with Crippen molar-refractivity contribution in [3.8, 4) is 11.5 Å². The van der Waals surface area contributed by atoms with Gasteiger partial charge < -0.3 is 4.74 Å². The molecule has 4 rings (SSSR count). The van der Waals surface area contributed by atoms with Crippen LogP contribution in [0.1, 0.15) is 67.1 Å². The highest BCUT2D eigenvalue weighted by molar-refractivity contribution is 5.70. The van der Waals surface area contributed by atoms with Gasteiger partial charge in [-0.1, -0.05) is 30.3 Å². The van der Waals surface area contributed by atoms with Gasteiger partial charge in [0.25, 0.3) is 0 Å². The Labute approximate surface area is 169 Å². The molecule has 3 aromatic carbocycles. The van der Waals surface area contributed by atoms with Gasteiger partial charge in [-0.15, -0.1) is 0 Å². The molecule has 0 amide bonds. The molecule has 28 heavy (non-hydrogen) atoms. The molecule has 0 bridgehead atoms. The lowest BCUT2D eigenvalue weighted by Crippen LogP contribution is -2.19. The largest absolute Gasteiger partial charge is 0.456 e. The average molecular weight is 371 g/mol. The van der Waals surface area contributed by atoms with Gasteiger partial charge >= 0.3 is 0 Å². The topological polar surface area (TPSA) is 9.23 Å². The molecule has 0 spiro atoms. The minimum atomic E-state index is 0.205. The molecule has 1 heteroatoms. The van der Waals surface area contributed by atoms with Crippen molar-refractivity contribution in [2.45, 2.75) is 61.3 Å². The van der Waals surface area contributed by atoms with Gasteiger partial charge in [0.2, 0.25) is 0 Å². The number of hydrogen-bond donors (Lipinski definition) is 0. The first-order valence-corrected chi connectivity index (χ1v) is 10.2. The molecular weight excluding hydrogens is 340 g/mol. The number of fused-ring (bicyclic) bond motifs is 2. The molecule has 144 valence electrons. The van der Waals surface area contributed by atoms with E-state index in [1.807, 2.05) is 0 Å².